The zero-order valence-corrected chi connectivity index (χ0v) is 11.2. The molecule has 0 amide bonds. The third kappa shape index (κ3) is 3.62. The van der Waals surface area contributed by atoms with Gasteiger partial charge in [-0.25, -0.2) is 8.78 Å². The zero-order chi connectivity index (χ0) is 10.0. The van der Waals surface area contributed by atoms with Crippen LogP contribution in [-0.4, -0.2) is 17.9 Å². The maximum absolute atomic E-state index is 12.1. The second kappa shape index (κ2) is 5.77. The maximum Gasteiger partial charge on any atom is 0.254 e. The van der Waals surface area contributed by atoms with Crippen LogP contribution >= 0.6 is 0 Å². The van der Waals surface area contributed by atoms with Crippen LogP contribution in [0, 0.1) is 6.20 Å². The van der Waals surface area contributed by atoms with E-state index < -0.39 is 6.43 Å². The van der Waals surface area contributed by atoms with Gasteiger partial charge in [0.2, 0.25) is 0 Å². The molecule has 0 saturated carbocycles. The van der Waals surface area contributed by atoms with Gasteiger partial charge < -0.3 is 4.90 Å². The number of allylic oxidation sites excluding steroid dienone is 3. The van der Waals surface area contributed by atoms with Crippen LogP contribution in [-0.2, 0) is 32.7 Å². The Bertz CT molecular complexity index is 282. The average molecular weight is 273 g/mol. The fourth-order valence-corrected chi connectivity index (χ4v) is 1.23. The summed E-state index contributed by atoms with van der Waals surface area (Å²) in [5.41, 5.74) is 2.37. The summed E-state index contributed by atoms with van der Waals surface area (Å²) < 4.78 is 24.2. The number of rotatable bonds is 2. The summed E-state index contributed by atoms with van der Waals surface area (Å²) in [5, 5.41) is 0. The van der Waals surface area contributed by atoms with Crippen molar-refractivity contribution in [2.45, 2.75) is 20.3 Å². The second-order valence-corrected chi connectivity index (χ2v) is 3.07. The minimum atomic E-state index is -2.36. The largest absolute Gasteiger partial charge is 0.451 e. The molecule has 0 bridgehead atoms. The molecule has 1 nitrogen and oxygen atoms in total. The minimum Gasteiger partial charge on any atom is -0.451 e. The van der Waals surface area contributed by atoms with Crippen LogP contribution < -0.4 is 0 Å². The fraction of sp³-hybridized carbons (Fsp3) is 0.400. The Morgan fingerprint density at radius 1 is 1.50 bits per heavy atom. The van der Waals surface area contributed by atoms with Crippen LogP contribution in [0.1, 0.15) is 13.8 Å². The van der Waals surface area contributed by atoms with E-state index in [-0.39, 0.29) is 39.3 Å². The third-order valence-electron chi connectivity index (χ3n) is 1.85. The Morgan fingerprint density at radius 2 is 2.07 bits per heavy atom. The van der Waals surface area contributed by atoms with Crippen molar-refractivity contribution >= 4 is 0 Å². The summed E-state index contributed by atoms with van der Waals surface area (Å²) in [6.07, 6.45) is 2.34. The van der Waals surface area contributed by atoms with Crippen molar-refractivity contribution in [3.63, 3.8) is 0 Å². The Hall–Kier alpha value is -0.0161. The predicted octanol–water partition coefficient (Wildman–Crippen LogP) is 2.73. The van der Waals surface area contributed by atoms with Gasteiger partial charge in [-0.15, -0.1) is 17.7 Å². The van der Waals surface area contributed by atoms with Gasteiger partial charge in [-0.2, -0.15) is 6.08 Å². The van der Waals surface area contributed by atoms with Gasteiger partial charge in [0, 0.05) is 32.7 Å². The van der Waals surface area contributed by atoms with Gasteiger partial charge in [0.05, 0.1) is 6.54 Å². The van der Waals surface area contributed by atoms with E-state index in [2.05, 4.69) is 12.8 Å². The molecule has 0 saturated heterocycles. The van der Waals surface area contributed by atoms with E-state index in [4.69, 9.17) is 0 Å². The quantitative estimate of drug-likeness (QED) is 0.699. The van der Waals surface area contributed by atoms with E-state index in [1.165, 1.54) is 4.90 Å². The van der Waals surface area contributed by atoms with Gasteiger partial charge in [0.1, 0.15) is 0 Å². The molecular weight excluding hydrogens is 261 g/mol. The summed E-state index contributed by atoms with van der Waals surface area (Å²) in [4.78, 5) is 1.37. The maximum atomic E-state index is 12.1. The second-order valence-electron chi connectivity index (χ2n) is 3.07. The van der Waals surface area contributed by atoms with E-state index in [1.807, 2.05) is 19.9 Å². The van der Waals surface area contributed by atoms with Crippen molar-refractivity contribution < 1.29 is 41.5 Å². The number of halogens is 2. The monoisotopic (exact) mass is 273 g/mol. The normalized spacial score (nSPS) is 16.4. The Labute approximate surface area is 108 Å². The van der Waals surface area contributed by atoms with Crippen molar-refractivity contribution in [1.82, 2.24) is 4.90 Å². The molecule has 1 rings (SSSR count). The van der Waals surface area contributed by atoms with Crippen LogP contribution in [0.4, 0.5) is 8.78 Å². The van der Waals surface area contributed by atoms with Crippen LogP contribution in [0.5, 0.6) is 0 Å². The first kappa shape index (κ1) is 14.0. The van der Waals surface area contributed by atoms with Gasteiger partial charge in [-0.05, 0) is 0 Å². The fourth-order valence-electron chi connectivity index (χ4n) is 1.23. The van der Waals surface area contributed by atoms with Crippen molar-refractivity contribution in [3.8, 4) is 0 Å². The number of hydrogen-bond donors (Lipinski definition) is 0. The van der Waals surface area contributed by atoms with Crippen molar-refractivity contribution in [1.29, 1.82) is 0 Å². The molecule has 0 aromatic carbocycles. The van der Waals surface area contributed by atoms with Crippen molar-refractivity contribution in [3.05, 3.63) is 35.7 Å². The molecule has 0 fully saturated rings. The van der Waals surface area contributed by atoms with Crippen LogP contribution in [0.2, 0.25) is 0 Å². The zero-order valence-electron chi connectivity index (χ0n) is 8.35. The molecule has 1 radical (unpaired) electrons. The molecule has 4 heteroatoms. The Morgan fingerprint density at radius 3 is 2.57 bits per heavy atom. The van der Waals surface area contributed by atoms with Crippen LogP contribution in [0.3, 0.4) is 0 Å². The first-order chi connectivity index (χ1) is 6.00. The summed E-state index contributed by atoms with van der Waals surface area (Å²) in [7, 11) is 0. The molecule has 0 spiro atoms. The molecule has 0 aromatic rings. The number of hydrogen-bond acceptors (Lipinski definition) is 1. The van der Waals surface area contributed by atoms with Crippen molar-refractivity contribution in [2.75, 3.05) is 6.54 Å². The summed E-state index contributed by atoms with van der Waals surface area (Å²) in [6.45, 7) is 7.06. The first-order valence-electron chi connectivity index (χ1n) is 4.04. The predicted molar refractivity (Wildman–Crippen MR) is 48.0 cm³/mol. The van der Waals surface area contributed by atoms with E-state index in [0.29, 0.717) is 5.70 Å². The third-order valence-corrected chi connectivity index (χ3v) is 1.85. The van der Waals surface area contributed by atoms with Gasteiger partial charge in [-0.3, -0.25) is 0 Å². The average Bonchev–Trinajstić information content (AvgIpc) is 1.98. The van der Waals surface area contributed by atoms with Gasteiger partial charge in [-0.1, -0.05) is 25.7 Å². The molecule has 1 aliphatic rings. The smallest absolute Gasteiger partial charge is 0.254 e. The summed E-state index contributed by atoms with van der Waals surface area (Å²) in [6, 6.07) is 0. The SMILES string of the molecule is C=C1C(C)=CC(C)=[C-]N1CC(F)F.[Y]. The van der Waals surface area contributed by atoms with E-state index in [0.717, 1.165) is 11.1 Å². The van der Waals surface area contributed by atoms with Gasteiger partial charge in [0.15, 0.2) is 0 Å². The Balaban J connectivity index is 0.00000169. The molecule has 0 atom stereocenters. The summed E-state index contributed by atoms with van der Waals surface area (Å²) in [5.74, 6) is 0. The van der Waals surface area contributed by atoms with Gasteiger partial charge in [0.25, 0.3) is 6.43 Å². The molecule has 0 aliphatic carbocycles. The first-order valence-corrected chi connectivity index (χ1v) is 4.04. The molecule has 1 heterocycles. The molecule has 0 unspecified atom stereocenters. The minimum absolute atomic E-state index is 0. The molecule has 0 N–H and O–H groups in total. The molecule has 14 heavy (non-hydrogen) atoms. The van der Waals surface area contributed by atoms with Crippen molar-refractivity contribution in [2.24, 2.45) is 0 Å². The molecule has 1 aliphatic heterocycles. The molecular formula is C10H12F2NY-. The van der Waals surface area contributed by atoms with Gasteiger partial charge >= 0.3 is 0 Å². The number of alkyl halides is 2. The molecule has 0 aromatic heterocycles. The van der Waals surface area contributed by atoms with Crippen LogP contribution in [0.15, 0.2) is 29.5 Å². The topological polar surface area (TPSA) is 3.24 Å². The Kier molecular flexibility index (Phi) is 5.76. The van der Waals surface area contributed by atoms with E-state index in [9.17, 15) is 8.78 Å². The summed E-state index contributed by atoms with van der Waals surface area (Å²) >= 11 is 0. The van der Waals surface area contributed by atoms with E-state index >= 15 is 0 Å². The van der Waals surface area contributed by atoms with E-state index in [1.54, 1.807) is 0 Å². The number of nitrogens with zero attached hydrogens (tertiary/aromatic N) is 1. The standard InChI is InChI=1S/C10H12F2N.Y/c1-7-4-8(2)9(3)13(5-7)6-10(11)12;/h4,10H,3,6H2,1-2H3;/q-1;. The molecule has 75 valence electrons. The van der Waals surface area contributed by atoms with Crippen LogP contribution in [0.25, 0.3) is 0 Å².